The third kappa shape index (κ3) is 2.73. The number of halogens is 1. The van der Waals surface area contributed by atoms with Gasteiger partial charge in [0, 0.05) is 0 Å². The number of carbonyl (C=O) groups is 1. The number of carboxylic acid groups (broad SMARTS) is 1. The topological polar surface area (TPSA) is 63.3 Å². The third-order valence-electron chi connectivity index (χ3n) is 1.50. The van der Waals surface area contributed by atoms with E-state index >= 15 is 0 Å². The largest absolute Gasteiger partial charge is 0.478 e. The van der Waals surface area contributed by atoms with E-state index in [1.165, 1.54) is 12.1 Å². The van der Waals surface area contributed by atoms with Crippen molar-refractivity contribution in [1.29, 1.82) is 0 Å². The zero-order chi connectivity index (χ0) is 11.3. The molecule has 0 aliphatic heterocycles. The highest BCUT2D eigenvalue weighted by molar-refractivity contribution is 5.93. The molecular weight excluding hydrogens is 185 g/mol. The first kappa shape index (κ1) is 12.4. The maximum absolute atomic E-state index is 12.8. The van der Waals surface area contributed by atoms with E-state index in [-0.39, 0.29) is 11.3 Å². The summed E-state index contributed by atoms with van der Waals surface area (Å²) in [6, 6.07) is 2.53. The maximum Gasteiger partial charge on any atom is 0.337 e. The van der Waals surface area contributed by atoms with E-state index in [0.29, 0.717) is 5.56 Å². The fraction of sp³-hybridized carbons (Fsp3) is 0.300. The number of anilines is 1. The predicted molar refractivity (Wildman–Crippen MR) is 53.9 cm³/mol. The van der Waals surface area contributed by atoms with Gasteiger partial charge in [0.05, 0.1) is 11.3 Å². The van der Waals surface area contributed by atoms with Crippen LogP contribution in [0.1, 0.15) is 29.8 Å². The second-order valence-electron chi connectivity index (χ2n) is 2.51. The molecule has 0 saturated carbocycles. The first-order valence-electron chi connectivity index (χ1n) is 4.31. The third-order valence-corrected chi connectivity index (χ3v) is 1.50. The van der Waals surface area contributed by atoms with Crippen LogP contribution >= 0.6 is 0 Å². The minimum absolute atomic E-state index is 0.187. The summed E-state index contributed by atoms with van der Waals surface area (Å²) < 4.78 is 12.8. The van der Waals surface area contributed by atoms with Crippen LogP contribution in [0.15, 0.2) is 12.1 Å². The van der Waals surface area contributed by atoms with Crippen molar-refractivity contribution in [1.82, 2.24) is 0 Å². The van der Waals surface area contributed by atoms with Gasteiger partial charge in [0.1, 0.15) is 5.82 Å². The van der Waals surface area contributed by atoms with Crippen LogP contribution in [0.4, 0.5) is 10.1 Å². The standard InChI is InChI=1S/C8H8FNO2.C2H6/c1-4-2-5(8(11)12)7(10)6(9)3-4;1-2/h2-3H,10H2,1H3,(H,11,12);1-2H3. The Labute approximate surface area is 82.4 Å². The molecule has 1 aromatic rings. The van der Waals surface area contributed by atoms with Crippen LogP contribution in [0.25, 0.3) is 0 Å². The van der Waals surface area contributed by atoms with Crippen molar-refractivity contribution < 1.29 is 14.3 Å². The molecule has 14 heavy (non-hydrogen) atoms. The first-order chi connectivity index (χ1) is 6.52. The molecule has 3 N–H and O–H groups in total. The summed E-state index contributed by atoms with van der Waals surface area (Å²) in [5.74, 6) is -1.90. The summed E-state index contributed by atoms with van der Waals surface area (Å²) in [4.78, 5) is 10.5. The number of rotatable bonds is 1. The monoisotopic (exact) mass is 199 g/mol. The van der Waals surface area contributed by atoms with Gasteiger partial charge in [-0.3, -0.25) is 0 Å². The number of aryl methyl sites for hydroxylation is 1. The Morgan fingerprint density at radius 2 is 1.93 bits per heavy atom. The average molecular weight is 199 g/mol. The molecule has 0 aliphatic rings. The molecule has 0 aromatic heterocycles. The van der Waals surface area contributed by atoms with Crippen molar-refractivity contribution in [2.24, 2.45) is 0 Å². The van der Waals surface area contributed by atoms with Crippen molar-refractivity contribution in [3.8, 4) is 0 Å². The van der Waals surface area contributed by atoms with Gasteiger partial charge in [0.25, 0.3) is 0 Å². The zero-order valence-corrected chi connectivity index (χ0v) is 8.47. The van der Waals surface area contributed by atoms with Crippen LogP contribution in [0.2, 0.25) is 0 Å². The number of hydrogen-bond donors (Lipinski definition) is 2. The van der Waals surface area contributed by atoms with Crippen LogP contribution in [-0.2, 0) is 0 Å². The van der Waals surface area contributed by atoms with Gasteiger partial charge in [-0.2, -0.15) is 0 Å². The number of nitrogens with two attached hydrogens (primary N) is 1. The molecule has 78 valence electrons. The number of carboxylic acids is 1. The SMILES string of the molecule is CC.Cc1cc(F)c(N)c(C(=O)O)c1. The van der Waals surface area contributed by atoms with Crippen LogP contribution in [-0.4, -0.2) is 11.1 Å². The van der Waals surface area contributed by atoms with Crippen LogP contribution < -0.4 is 5.73 Å². The molecule has 0 spiro atoms. The Hall–Kier alpha value is -1.58. The van der Waals surface area contributed by atoms with Gasteiger partial charge in [0.15, 0.2) is 0 Å². The Morgan fingerprint density at radius 3 is 2.36 bits per heavy atom. The van der Waals surface area contributed by atoms with Crippen LogP contribution in [0.3, 0.4) is 0 Å². The summed E-state index contributed by atoms with van der Waals surface area (Å²) in [7, 11) is 0. The summed E-state index contributed by atoms with van der Waals surface area (Å²) in [5, 5.41) is 8.57. The van der Waals surface area contributed by atoms with Gasteiger partial charge in [-0.15, -0.1) is 0 Å². The van der Waals surface area contributed by atoms with Crippen molar-refractivity contribution in [3.05, 3.63) is 29.1 Å². The lowest BCUT2D eigenvalue weighted by Crippen LogP contribution is -2.05. The molecule has 0 aliphatic carbocycles. The fourth-order valence-electron chi connectivity index (χ4n) is 0.930. The van der Waals surface area contributed by atoms with Gasteiger partial charge in [0.2, 0.25) is 0 Å². The zero-order valence-electron chi connectivity index (χ0n) is 8.47. The van der Waals surface area contributed by atoms with Gasteiger partial charge in [-0.25, -0.2) is 9.18 Å². The summed E-state index contributed by atoms with van der Waals surface area (Å²) in [6.45, 7) is 5.61. The molecule has 0 saturated heterocycles. The molecule has 1 aromatic carbocycles. The highest BCUT2D eigenvalue weighted by atomic mass is 19.1. The number of benzene rings is 1. The highest BCUT2D eigenvalue weighted by Gasteiger charge is 2.11. The highest BCUT2D eigenvalue weighted by Crippen LogP contribution is 2.18. The Morgan fingerprint density at radius 1 is 1.43 bits per heavy atom. The molecule has 3 nitrogen and oxygen atoms in total. The average Bonchev–Trinajstić information content (AvgIpc) is 2.14. The normalized spacial score (nSPS) is 8.86. The molecule has 4 heteroatoms. The number of nitrogen functional groups attached to an aromatic ring is 1. The molecule has 0 heterocycles. The van der Waals surface area contributed by atoms with E-state index in [0.717, 1.165) is 0 Å². The second-order valence-corrected chi connectivity index (χ2v) is 2.51. The van der Waals surface area contributed by atoms with E-state index in [1.807, 2.05) is 13.8 Å². The summed E-state index contributed by atoms with van der Waals surface area (Å²) in [5.41, 5.74) is 5.24. The van der Waals surface area contributed by atoms with Crippen LogP contribution in [0.5, 0.6) is 0 Å². The molecule has 0 amide bonds. The summed E-state index contributed by atoms with van der Waals surface area (Å²) >= 11 is 0. The molecule has 0 unspecified atom stereocenters. The lowest BCUT2D eigenvalue weighted by atomic mass is 10.1. The minimum atomic E-state index is -1.21. The van der Waals surface area contributed by atoms with E-state index in [1.54, 1.807) is 6.92 Å². The molecule has 0 bridgehead atoms. The smallest absolute Gasteiger partial charge is 0.337 e. The summed E-state index contributed by atoms with van der Waals surface area (Å²) in [6.07, 6.45) is 0. The number of hydrogen-bond acceptors (Lipinski definition) is 2. The molecular formula is C10H14FNO2. The Kier molecular flexibility index (Phi) is 4.63. The van der Waals surface area contributed by atoms with Crippen molar-refractivity contribution >= 4 is 11.7 Å². The predicted octanol–water partition coefficient (Wildman–Crippen LogP) is 2.44. The lowest BCUT2D eigenvalue weighted by Gasteiger charge is -2.02. The molecule has 0 fully saturated rings. The van der Waals surface area contributed by atoms with Gasteiger partial charge in [-0.1, -0.05) is 13.8 Å². The Balaban J connectivity index is 0.000000791. The Bertz CT molecular complexity index is 337. The fourth-order valence-corrected chi connectivity index (χ4v) is 0.930. The van der Waals surface area contributed by atoms with Crippen molar-refractivity contribution in [2.75, 3.05) is 5.73 Å². The van der Waals surface area contributed by atoms with E-state index in [4.69, 9.17) is 10.8 Å². The lowest BCUT2D eigenvalue weighted by molar-refractivity contribution is 0.0697. The van der Waals surface area contributed by atoms with Crippen molar-refractivity contribution in [2.45, 2.75) is 20.8 Å². The van der Waals surface area contributed by atoms with Gasteiger partial charge in [-0.05, 0) is 24.6 Å². The maximum atomic E-state index is 12.8. The van der Waals surface area contributed by atoms with Gasteiger partial charge < -0.3 is 10.8 Å². The first-order valence-corrected chi connectivity index (χ1v) is 4.31. The minimum Gasteiger partial charge on any atom is -0.478 e. The molecule has 0 atom stereocenters. The van der Waals surface area contributed by atoms with Gasteiger partial charge >= 0.3 is 5.97 Å². The van der Waals surface area contributed by atoms with Crippen molar-refractivity contribution in [3.63, 3.8) is 0 Å². The van der Waals surface area contributed by atoms with Crippen LogP contribution in [0, 0.1) is 12.7 Å². The van der Waals surface area contributed by atoms with E-state index in [9.17, 15) is 9.18 Å². The van der Waals surface area contributed by atoms with E-state index in [2.05, 4.69) is 0 Å². The quantitative estimate of drug-likeness (QED) is 0.683. The molecule has 1 rings (SSSR count). The molecule has 0 radical (unpaired) electrons. The second kappa shape index (κ2) is 5.21. The number of aromatic carboxylic acids is 1. The van der Waals surface area contributed by atoms with E-state index < -0.39 is 11.8 Å².